The number of halogens is 1. The van der Waals surface area contributed by atoms with Crippen LogP contribution in [0, 0.1) is 6.92 Å². The Morgan fingerprint density at radius 3 is 2.81 bits per heavy atom. The third-order valence-corrected chi connectivity index (χ3v) is 3.95. The number of likely N-dealkylation sites (N-methyl/N-ethyl adjacent to an activating group) is 1. The molecule has 2 aromatic rings. The van der Waals surface area contributed by atoms with Crippen LogP contribution in [0.5, 0.6) is 5.75 Å². The molecule has 0 unspecified atom stereocenters. The summed E-state index contributed by atoms with van der Waals surface area (Å²) in [6.45, 7) is 3.20. The van der Waals surface area contributed by atoms with Crippen molar-refractivity contribution in [2.45, 2.75) is 13.3 Å². The lowest BCUT2D eigenvalue weighted by Gasteiger charge is -2.24. The van der Waals surface area contributed by atoms with E-state index in [1.54, 1.807) is 7.11 Å². The Morgan fingerprint density at radius 2 is 2.10 bits per heavy atom. The smallest absolute Gasteiger partial charge is 0.130 e. The molecule has 1 aliphatic rings. The van der Waals surface area contributed by atoms with Crippen LogP contribution in [-0.2, 0) is 0 Å². The summed E-state index contributed by atoms with van der Waals surface area (Å²) in [5.74, 6) is 0.746. The lowest BCUT2D eigenvalue weighted by Crippen LogP contribution is -2.26. The van der Waals surface area contributed by atoms with Gasteiger partial charge in [-0.25, -0.2) is 4.39 Å². The fourth-order valence-electron chi connectivity index (χ4n) is 2.83. The zero-order valence-electron chi connectivity index (χ0n) is 12.6. The molecule has 3 nitrogen and oxygen atoms in total. The van der Waals surface area contributed by atoms with Crippen molar-refractivity contribution < 1.29 is 9.13 Å². The molecule has 0 atom stereocenters. The number of aryl methyl sites for hydroxylation is 1. The third-order valence-electron chi connectivity index (χ3n) is 3.95. The molecule has 1 aromatic carbocycles. The highest BCUT2D eigenvalue weighted by atomic mass is 19.1. The number of methoxy groups -OCH3 is 1. The predicted octanol–water partition coefficient (Wildman–Crippen LogP) is 3.57. The van der Waals surface area contributed by atoms with E-state index in [4.69, 9.17) is 4.74 Å². The Kier molecular flexibility index (Phi) is 3.64. The van der Waals surface area contributed by atoms with E-state index in [1.807, 2.05) is 43.1 Å². The summed E-state index contributed by atoms with van der Waals surface area (Å²) in [5, 5.41) is 0.930. The van der Waals surface area contributed by atoms with Gasteiger partial charge in [0.05, 0.1) is 19.2 Å². The van der Waals surface area contributed by atoms with Crippen LogP contribution in [0.4, 0.5) is 4.39 Å². The zero-order chi connectivity index (χ0) is 15.0. The predicted molar refractivity (Wildman–Crippen MR) is 83.2 cm³/mol. The summed E-state index contributed by atoms with van der Waals surface area (Å²) < 4.78 is 19.7. The minimum absolute atomic E-state index is 0.0397. The molecular weight excluding hydrogens is 267 g/mol. The minimum Gasteiger partial charge on any atom is -0.496 e. The van der Waals surface area contributed by atoms with E-state index in [9.17, 15) is 4.39 Å². The highest BCUT2D eigenvalue weighted by molar-refractivity contribution is 5.89. The Balaban J connectivity index is 2.13. The molecule has 0 aliphatic carbocycles. The molecule has 2 heterocycles. The molecular formula is C17H19FN2O. The highest BCUT2D eigenvalue weighted by Crippen LogP contribution is 2.32. The SMILES string of the molecule is COc1cc(C)nc2ccc(C3=C(F)CN(C)CC3)cc12. The van der Waals surface area contributed by atoms with Gasteiger partial charge in [0.1, 0.15) is 11.6 Å². The van der Waals surface area contributed by atoms with Crippen molar-refractivity contribution in [2.24, 2.45) is 0 Å². The summed E-state index contributed by atoms with van der Waals surface area (Å²) >= 11 is 0. The van der Waals surface area contributed by atoms with Crippen molar-refractivity contribution in [1.29, 1.82) is 0 Å². The molecule has 4 heteroatoms. The maximum Gasteiger partial charge on any atom is 0.130 e. The Hall–Kier alpha value is -1.94. The average molecular weight is 286 g/mol. The van der Waals surface area contributed by atoms with Gasteiger partial charge in [-0.2, -0.15) is 0 Å². The van der Waals surface area contributed by atoms with Crippen molar-refractivity contribution in [2.75, 3.05) is 27.2 Å². The quantitative estimate of drug-likeness (QED) is 0.844. The molecule has 21 heavy (non-hydrogen) atoms. The van der Waals surface area contributed by atoms with Gasteiger partial charge in [0.15, 0.2) is 0 Å². The fourth-order valence-corrected chi connectivity index (χ4v) is 2.83. The number of benzene rings is 1. The van der Waals surface area contributed by atoms with E-state index < -0.39 is 0 Å². The van der Waals surface area contributed by atoms with E-state index in [0.717, 1.165) is 46.4 Å². The molecule has 0 radical (unpaired) electrons. The second-order valence-electron chi connectivity index (χ2n) is 5.57. The van der Waals surface area contributed by atoms with Crippen molar-refractivity contribution in [3.05, 3.63) is 41.3 Å². The first-order valence-electron chi connectivity index (χ1n) is 7.10. The molecule has 1 aromatic heterocycles. The van der Waals surface area contributed by atoms with Crippen molar-refractivity contribution in [1.82, 2.24) is 9.88 Å². The number of hydrogen-bond acceptors (Lipinski definition) is 3. The van der Waals surface area contributed by atoms with Crippen molar-refractivity contribution >= 4 is 16.5 Å². The van der Waals surface area contributed by atoms with Crippen LogP contribution in [-0.4, -0.2) is 37.1 Å². The number of hydrogen-bond donors (Lipinski definition) is 0. The normalized spacial score (nSPS) is 16.6. The van der Waals surface area contributed by atoms with Crippen LogP contribution in [0.1, 0.15) is 17.7 Å². The average Bonchev–Trinajstić information content (AvgIpc) is 2.46. The first kappa shape index (κ1) is 14.0. The first-order chi connectivity index (χ1) is 10.1. The molecule has 0 fully saturated rings. The number of aromatic nitrogens is 1. The van der Waals surface area contributed by atoms with Gasteiger partial charge in [-0.1, -0.05) is 6.07 Å². The molecule has 0 spiro atoms. The Bertz CT molecular complexity index is 724. The van der Waals surface area contributed by atoms with Gasteiger partial charge in [0.25, 0.3) is 0 Å². The minimum atomic E-state index is -0.0397. The Labute approximate surface area is 124 Å². The first-order valence-corrected chi connectivity index (χ1v) is 7.10. The highest BCUT2D eigenvalue weighted by Gasteiger charge is 2.18. The summed E-state index contributed by atoms with van der Waals surface area (Å²) in [7, 11) is 3.59. The summed E-state index contributed by atoms with van der Waals surface area (Å²) in [6, 6.07) is 7.79. The monoisotopic (exact) mass is 286 g/mol. The standard InChI is InChI=1S/C17H19FN2O/c1-11-8-17(21-3)14-9-12(4-5-16(14)19-11)13-6-7-20(2)10-15(13)18/h4-5,8-9H,6-7,10H2,1-3H3. The summed E-state index contributed by atoms with van der Waals surface area (Å²) in [6.07, 6.45) is 0.732. The number of nitrogens with zero attached hydrogens (tertiary/aromatic N) is 2. The van der Waals surface area contributed by atoms with Gasteiger partial charge < -0.3 is 4.74 Å². The van der Waals surface area contributed by atoms with Crippen LogP contribution in [0.15, 0.2) is 30.1 Å². The fraction of sp³-hybridized carbons (Fsp3) is 0.353. The second kappa shape index (κ2) is 5.45. The van der Waals surface area contributed by atoms with E-state index in [1.165, 1.54) is 0 Å². The zero-order valence-corrected chi connectivity index (χ0v) is 12.6. The number of fused-ring (bicyclic) bond motifs is 1. The maximum absolute atomic E-state index is 14.2. The van der Waals surface area contributed by atoms with Crippen LogP contribution in [0.3, 0.4) is 0 Å². The number of ether oxygens (including phenoxy) is 1. The maximum atomic E-state index is 14.2. The summed E-state index contributed by atoms with van der Waals surface area (Å²) in [4.78, 5) is 6.49. The van der Waals surface area contributed by atoms with Crippen molar-refractivity contribution in [3.8, 4) is 5.75 Å². The van der Waals surface area contributed by atoms with Crippen LogP contribution >= 0.6 is 0 Å². The van der Waals surface area contributed by atoms with Gasteiger partial charge >= 0.3 is 0 Å². The lowest BCUT2D eigenvalue weighted by molar-refractivity contribution is 0.327. The molecule has 110 valence electrons. The van der Waals surface area contributed by atoms with Gasteiger partial charge in [-0.3, -0.25) is 9.88 Å². The molecule has 0 bridgehead atoms. The van der Waals surface area contributed by atoms with Crippen LogP contribution < -0.4 is 4.74 Å². The number of pyridine rings is 1. The molecule has 0 amide bonds. The van der Waals surface area contributed by atoms with Gasteiger partial charge in [-0.05, 0) is 43.7 Å². The lowest BCUT2D eigenvalue weighted by atomic mass is 9.97. The van der Waals surface area contributed by atoms with E-state index >= 15 is 0 Å². The van der Waals surface area contributed by atoms with E-state index in [2.05, 4.69) is 4.98 Å². The topological polar surface area (TPSA) is 25.4 Å². The van der Waals surface area contributed by atoms with E-state index in [0.29, 0.717) is 6.54 Å². The van der Waals surface area contributed by atoms with Gasteiger partial charge in [-0.15, -0.1) is 0 Å². The van der Waals surface area contributed by atoms with Gasteiger partial charge in [0.2, 0.25) is 0 Å². The van der Waals surface area contributed by atoms with Crippen LogP contribution in [0.2, 0.25) is 0 Å². The van der Waals surface area contributed by atoms with Gasteiger partial charge in [0, 0.05) is 23.7 Å². The van der Waals surface area contributed by atoms with Crippen LogP contribution in [0.25, 0.3) is 16.5 Å². The molecule has 0 saturated heterocycles. The third kappa shape index (κ3) is 2.63. The molecule has 0 N–H and O–H groups in total. The van der Waals surface area contributed by atoms with E-state index in [-0.39, 0.29) is 5.83 Å². The Morgan fingerprint density at radius 1 is 1.29 bits per heavy atom. The number of rotatable bonds is 2. The molecule has 0 saturated carbocycles. The molecule has 1 aliphatic heterocycles. The largest absolute Gasteiger partial charge is 0.496 e. The van der Waals surface area contributed by atoms with Crippen molar-refractivity contribution in [3.63, 3.8) is 0 Å². The molecule has 3 rings (SSSR count). The second-order valence-corrected chi connectivity index (χ2v) is 5.57. The summed E-state index contributed by atoms with van der Waals surface area (Å²) in [5.41, 5.74) is 3.52.